The zero-order valence-corrected chi connectivity index (χ0v) is 22.3. The molecular formula is C29H29ClN4OS. The third kappa shape index (κ3) is 3.94. The van der Waals surface area contributed by atoms with Crippen LogP contribution in [-0.2, 0) is 19.5 Å². The molecule has 4 aromatic rings. The monoisotopic (exact) mass is 516 g/mol. The van der Waals surface area contributed by atoms with Gasteiger partial charge < -0.3 is 19.7 Å². The van der Waals surface area contributed by atoms with Gasteiger partial charge >= 0.3 is 6.03 Å². The average molecular weight is 517 g/mol. The lowest BCUT2D eigenvalue weighted by Crippen LogP contribution is -2.38. The number of urea groups is 1. The predicted octanol–water partition coefficient (Wildman–Crippen LogP) is 6.93. The normalized spacial score (nSPS) is 17.2. The van der Waals surface area contributed by atoms with Crippen molar-refractivity contribution < 1.29 is 4.79 Å². The largest absolute Gasteiger partial charge is 0.322 e. The number of benzene rings is 2. The lowest BCUT2D eigenvalue weighted by atomic mass is 10.0. The van der Waals surface area contributed by atoms with Gasteiger partial charge in [-0.3, -0.25) is 0 Å². The zero-order valence-electron chi connectivity index (χ0n) is 20.7. The first-order valence-electron chi connectivity index (χ1n) is 12.3. The van der Waals surface area contributed by atoms with Crippen LogP contribution in [0.1, 0.15) is 44.4 Å². The van der Waals surface area contributed by atoms with Crippen LogP contribution in [-0.4, -0.2) is 34.0 Å². The summed E-state index contributed by atoms with van der Waals surface area (Å²) in [4.78, 5) is 19.9. The Morgan fingerprint density at radius 3 is 2.72 bits per heavy atom. The van der Waals surface area contributed by atoms with Crippen molar-refractivity contribution in [2.45, 2.75) is 39.4 Å². The summed E-state index contributed by atoms with van der Waals surface area (Å²) in [5.41, 5.74) is 7.83. The number of anilines is 1. The molecule has 0 bridgehead atoms. The van der Waals surface area contributed by atoms with Crippen molar-refractivity contribution in [1.29, 1.82) is 0 Å². The Labute approximate surface area is 220 Å². The third-order valence-electron chi connectivity index (χ3n) is 7.53. The van der Waals surface area contributed by atoms with E-state index in [1.165, 1.54) is 21.0 Å². The second-order valence-corrected chi connectivity index (χ2v) is 11.4. The molecule has 4 heterocycles. The van der Waals surface area contributed by atoms with E-state index in [0.717, 1.165) is 47.6 Å². The molecule has 0 radical (unpaired) electrons. The summed E-state index contributed by atoms with van der Waals surface area (Å²) >= 11 is 8.31. The van der Waals surface area contributed by atoms with Crippen molar-refractivity contribution in [3.8, 4) is 5.00 Å². The number of fused-ring (bicyclic) bond motifs is 5. The molecule has 0 saturated heterocycles. The smallest absolute Gasteiger partial charge is 0.310 e. The van der Waals surface area contributed by atoms with Crippen molar-refractivity contribution >= 4 is 34.7 Å². The number of aryl methyl sites for hydroxylation is 1. The van der Waals surface area contributed by atoms with E-state index in [0.29, 0.717) is 11.6 Å². The Bertz CT molecular complexity index is 1470. The topological polar surface area (TPSA) is 40.5 Å². The number of hydrogen-bond donors (Lipinski definition) is 1. The molecule has 36 heavy (non-hydrogen) atoms. The zero-order chi connectivity index (χ0) is 25.0. The third-order valence-corrected chi connectivity index (χ3v) is 9.02. The molecule has 2 amide bonds. The Balaban J connectivity index is 1.51. The second kappa shape index (κ2) is 9.11. The fourth-order valence-corrected chi connectivity index (χ4v) is 7.09. The SMILES string of the molecule is Cc1cccc(NC(=O)N2Cc3c(sc4c3CCN(C)C4)-n3cccc3[C@@H]2c2cccc(Cl)c2)c1C. The Morgan fingerprint density at radius 1 is 1.06 bits per heavy atom. The molecule has 2 aliphatic rings. The first-order valence-corrected chi connectivity index (χ1v) is 13.5. The number of halogens is 1. The highest BCUT2D eigenvalue weighted by molar-refractivity contribution is 7.15. The number of amides is 2. The van der Waals surface area contributed by atoms with Crippen LogP contribution in [0.25, 0.3) is 5.00 Å². The van der Waals surface area contributed by atoms with Gasteiger partial charge in [-0.1, -0.05) is 35.9 Å². The van der Waals surface area contributed by atoms with Gasteiger partial charge in [-0.25, -0.2) is 4.79 Å². The van der Waals surface area contributed by atoms with E-state index in [-0.39, 0.29) is 12.1 Å². The average Bonchev–Trinajstić information content (AvgIpc) is 3.43. The molecule has 0 spiro atoms. The van der Waals surface area contributed by atoms with Crippen LogP contribution in [0.15, 0.2) is 60.8 Å². The van der Waals surface area contributed by atoms with Crippen molar-refractivity contribution in [2.75, 3.05) is 18.9 Å². The molecule has 0 aliphatic carbocycles. The number of carbonyl (C=O) groups is 1. The number of nitrogens with one attached hydrogen (secondary N) is 1. The molecule has 2 aromatic carbocycles. The quantitative estimate of drug-likeness (QED) is 0.313. The minimum absolute atomic E-state index is 0.109. The number of rotatable bonds is 2. The maximum Gasteiger partial charge on any atom is 0.322 e. The number of thiophene rings is 1. The number of carbonyl (C=O) groups excluding carboxylic acids is 1. The number of likely N-dealkylation sites (N-methyl/N-ethyl adjacent to an activating group) is 1. The summed E-state index contributed by atoms with van der Waals surface area (Å²) in [6, 6.07) is 17.7. The second-order valence-electron chi connectivity index (χ2n) is 9.84. The molecule has 2 aliphatic heterocycles. The summed E-state index contributed by atoms with van der Waals surface area (Å²) in [6.07, 6.45) is 3.13. The van der Waals surface area contributed by atoms with E-state index in [1.54, 1.807) is 0 Å². The summed E-state index contributed by atoms with van der Waals surface area (Å²) in [5.74, 6) is 0. The Morgan fingerprint density at radius 2 is 1.89 bits per heavy atom. The lowest BCUT2D eigenvalue weighted by Gasteiger charge is -2.32. The molecule has 0 fully saturated rings. The Kier molecular flexibility index (Phi) is 5.91. The molecule has 0 saturated carbocycles. The van der Waals surface area contributed by atoms with Crippen LogP contribution in [0.3, 0.4) is 0 Å². The first-order chi connectivity index (χ1) is 17.4. The Hall–Kier alpha value is -3.06. The molecule has 0 unspecified atom stereocenters. The van der Waals surface area contributed by atoms with Crippen LogP contribution in [0, 0.1) is 13.8 Å². The van der Waals surface area contributed by atoms with E-state index in [4.69, 9.17) is 11.6 Å². The van der Waals surface area contributed by atoms with Crippen LogP contribution in [0.5, 0.6) is 0 Å². The maximum atomic E-state index is 14.1. The molecule has 2 aromatic heterocycles. The molecule has 1 atom stereocenters. The van der Waals surface area contributed by atoms with Gasteiger partial charge in [0.2, 0.25) is 0 Å². The summed E-state index contributed by atoms with van der Waals surface area (Å²) in [5, 5.41) is 5.13. The minimum Gasteiger partial charge on any atom is -0.310 e. The number of nitrogens with zero attached hydrogens (tertiary/aromatic N) is 3. The van der Waals surface area contributed by atoms with E-state index in [2.05, 4.69) is 66.1 Å². The van der Waals surface area contributed by atoms with Gasteiger partial charge in [0.15, 0.2) is 0 Å². The number of hydrogen-bond acceptors (Lipinski definition) is 3. The van der Waals surface area contributed by atoms with Crippen LogP contribution < -0.4 is 5.32 Å². The van der Waals surface area contributed by atoms with Gasteiger partial charge in [-0.2, -0.15) is 0 Å². The first kappa shape index (κ1) is 23.3. The summed E-state index contributed by atoms with van der Waals surface area (Å²) in [6.45, 7) is 6.65. The molecule has 7 heteroatoms. The molecule has 5 nitrogen and oxygen atoms in total. The summed E-state index contributed by atoms with van der Waals surface area (Å²) in [7, 11) is 2.17. The standard InChI is InChI=1S/C29H29ClN4OS/c1-18-7-4-10-24(19(18)2)31-29(35)34-16-23-22-12-14-32(3)17-26(22)36-28(23)33-13-6-11-25(33)27(34)20-8-5-9-21(30)15-20/h4-11,13,15,27H,12,14,16-17H2,1-3H3,(H,31,35)/t27-/m0/s1. The van der Waals surface area contributed by atoms with Gasteiger partial charge in [-0.15, -0.1) is 11.3 Å². The maximum absolute atomic E-state index is 14.1. The van der Waals surface area contributed by atoms with Crippen LogP contribution in [0.2, 0.25) is 5.02 Å². The fraction of sp³-hybridized carbons (Fsp3) is 0.276. The van der Waals surface area contributed by atoms with Crippen LogP contribution in [0.4, 0.5) is 10.5 Å². The molecule has 184 valence electrons. The highest BCUT2D eigenvalue weighted by Crippen LogP contribution is 2.44. The van der Waals surface area contributed by atoms with Gasteiger partial charge in [0.25, 0.3) is 0 Å². The minimum atomic E-state index is -0.273. The van der Waals surface area contributed by atoms with E-state index >= 15 is 0 Å². The summed E-state index contributed by atoms with van der Waals surface area (Å²) < 4.78 is 2.29. The predicted molar refractivity (Wildman–Crippen MR) is 147 cm³/mol. The highest BCUT2D eigenvalue weighted by atomic mass is 35.5. The van der Waals surface area contributed by atoms with Crippen molar-refractivity contribution in [2.24, 2.45) is 0 Å². The van der Waals surface area contributed by atoms with Gasteiger partial charge in [0, 0.05) is 40.4 Å². The van der Waals surface area contributed by atoms with Crippen LogP contribution >= 0.6 is 22.9 Å². The van der Waals surface area contributed by atoms with Gasteiger partial charge in [-0.05, 0) is 79.9 Å². The van der Waals surface area contributed by atoms with Crippen molar-refractivity contribution in [3.05, 3.63) is 104 Å². The lowest BCUT2D eigenvalue weighted by molar-refractivity contribution is 0.194. The van der Waals surface area contributed by atoms with Crippen molar-refractivity contribution in [3.63, 3.8) is 0 Å². The molecule has 6 rings (SSSR count). The fourth-order valence-electron chi connectivity index (χ4n) is 5.45. The van der Waals surface area contributed by atoms with E-state index in [1.807, 2.05) is 46.6 Å². The molecular weight excluding hydrogens is 488 g/mol. The highest BCUT2D eigenvalue weighted by Gasteiger charge is 2.36. The molecule has 1 N–H and O–H groups in total. The van der Waals surface area contributed by atoms with Gasteiger partial charge in [0.1, 0.15) is 5.00 Å². The van der Waals surface area contributed by atoms with Crippen molar-refractivity contribution in [1.82, 2.24) is 14.4 Å². The van der Waals surface area contributed by atoms with E-state index in [9.17, 15) is 4.79 Å². The van der Waals surface area contributed by atoms with E-state index < -0.39 is 0 Å². The van der Waals surface area contributed by atoms with Gasteiger partial charge in [0.05, 0.1) is 18.3 Å². The number of aromatic nitrogens is 1.